The first kappa shape index (κ1) is 15.8. The maximum Gasteiger partial charge on any atom is 0.410 e. The minimum absolute atomic E-state index is 0.224. The second-order valence-electron chi connectivity index (χ2n) is 6.82. The summed E-state index contributed by atoms with van der Waals surface area (Å²) in [7, 11) is 0. The Hall–Kier alpha value is -1.58. The van der Waals surface area contributed by atoms with Gasteiger partial charge in [-0.3, -0.25) is 4.98 Å². The minimum Gasteiger partial charge on any atom is -0.444 e. The van der Waals surface area contributed by atoms with Gasteiger partial charge < -0.3 is 9.64 Å². The van der Waals surface area contributed by atoms with Crippen LogP contribution in [0.2, 0.25) is 0 Å². The number of ether oxygens (including phenoxy) is 1. The Bertz CT molecular complexity index is 494. The van der Waals surface area contributed by atoms with E-state index in [1.165, 1.54) is 5.56 Å². The van der Waals surface area contributed by atoms with E-state index in [0.717, 1.165) is 31.4 Å². The van der Waals surface area contributed by atoms with Crippen LogP contribution in [0.1, 0.15) is 51.7 Å². The van der Waals surface area contributed by atoms with Crippen molar-refractivity contribution in [1.29, 1.82) is 0 Å². The Kier molecular flexibility index (Phi) is 4.86. The van der Waals surface area contributed by atoms with Crippen LogP contribution in [-0.2, 0) is 17.7 Å². The molecule has 0 aliphatic carbocycles. The Morgan fingerprint density at radius 1 is 1.43 bits per heavy atom. The average molecular weight is 290 g/mol. The standard InChI is InChI=1S/C17H26N2O2/c1-5-13-6-7-14-8-9-18-10-15(14)12-19(11-13)16(20)21-17(2,3)4/h8-10,13H,5-7,11-12H2,1-4H3/t13-/m0/s1. The lowest BCUT2D eigenvalue weighted by Crippen LogP contribution is -2.40. The lowest BCUT2D eigenvalue weighted by Gasteiger charge is -2.32. The maximum absolute atomic E-state index is 12.4. The molecule has 1 amide bonds. The maximum atomic E-state index is 12.4. The van der Waals surface area contributed by atoms with E-state index in [1.54, 1.807) is 0 Å². The summed E-state index contributed by atoms with van der Waals surface area (Å²) >= 11 is 0. The number of rotatable bonds is 1. The van der Waals surface area contributed by atoms with Gasteiger partial charge in [0.15, 0.2) is 0 Å². The molecule has 21 heavy (non-hydrogen) atoms. The second-order valence-corrected chi connectivity index (χ2v) is 6.82. The van der Waals surface area contributed by atoms with Crippen LogP contribution in [0.15, 0.2) is 18.5 Å². The molecule has 0 aromatic carbocycles. The molecule has 2 heterocycles. The number of nitrogens with zero attached hydrogens (tertiary/aromatic N) is 2. The van der Waals surface area contributed by atoms with Crippen LogP contribution in [0.25, 0.3) is 0 Å². The zero-order chi connectivity index (χ0) is 15.5. The Labute approximate surface area is 127 Å². The highest BCUT2D eigenvalue weighted by Gasteiger charge is 2.26. The number of aromatic nitrogens is 1. The van der Waals surface area contributed by atoms with Crippen molar-refractivity contribution in [2.24, 2.45) is 5.92 Å². The first-order valence-electron chi connectivity index (χ1n) is 7.78. The van der Waals surface area contributed by atoms with E-state index in [9.17, 15) is 4.79 Å². The number of amides is 1. The summed E-state index contributed by atoms with van der Waals surface area (Å²) in [6.45, 7) is 9.26. The van der Waals surface area contributed by atoms with Gasteiger partial charge >= 0.3 is 6.09 Å². The van der Waals surface area contributed by atoms with E-state index in [1.807, 2.05) is 38.1 Å². The van der Waals surface area contributed by atoms with E-state index in [0.29, 0.717) is 12.5 Å². The molecule has 4 heteroatoms. The predicted molar refractivity (Wildman–Crippen MR) is 83.0 cm³/mol. The molecule has 0 saturated carbocycles. The number of carbonyl (C=O) groups is 1. The highest BCUT2D eigenvalue weighted by Crippen LogP contribution is 2.24. The summed E-state index contributed by atoms with van der Waals surface area (Å²) in [6, 6.07) is 2.07. The Morgan fingerprint density at radius 2 is 2.19 bits per heavy atom. The monoisotopic (exact) mass is 290 g/mol. The molecule has 2 rings (SSSR count). The Balaban J connectivity index is 2.21. The molecule has 0 N–H and O–H groups in total. The highest BCUT2D eigenvalue weighted by atomic mass is 16.6. The molecule has 4 nitrogen and oxygen atoms in total. The van der Waals surface area contributed by atoms with Crippen molar-refractivity contribution in [2.45, 2.75) is 59.1 Å². The van der Waals surface area contributed by atoms with Gasteiger partial charge in [0.2, 0.25) is 0 Å². The summed E-state index contributed by atoms with van der Waals surface area (Å²) in [6.07, 6.45) is 6.74. The highest BCUT2D eigenvalue weighted by molar-refractivity contribution is 5.68. The molecule has 1 aliphatic rings. The molecular formula is C17H26N2O2. The molecule has 1 aromatic rings. The van der Waals surface area contributed by atoms with Gasteiger partial charge in [-0.2, -0.15) is 0 Å². The van der Waals surface area contributed by atoms with Crippen LogP contribution < -0.4 is 0 Å². The summed E-state index contributed by atoms with van der Waals surface area (Å²) in [5, 5.41) is 0. The fraction of sp³-hybridized carbons (Fsp3) is 0.647. The minimum atomic E-state index is -0.459. The van der Waals surface area contributed by atoms with Gasteiger partial charge in [0.1, 0.15) is 5.60 Å². The fourth-order valence-electron chi connectivity index (χ4n) is 2.67. The van der Waals surface area contributed by atoms with Gasteiger partial charge in [0, 0.05) is 18.9 Å². The summed E-state index contributed by atoms with van der Waals surface area (Å²) in [4.78, 5) is 18.5. The van der Waals surface area contributed by atoms with Crippen molar-refractivity contribution in [3.63, 3.8) is 0 Å². The largest absolute Gasteiger partial charge is 0.444 e. The molecular weight excluding hydrogens is 264 g/mol. The van der Waals surface area contributed by atoms with E-state index in [-0.39, 0.29) is 6.09 Å². The molecule has 0 spiro atoms. The number of hydrogen-bond donors (Lipinski definition) is 0. The van der Waals surface area contributed by atoms with Crippen molar-refractivity contribution in [3.05, 3.63) is 29.6 Å². The second kappa shape index (κ2) is 6.46. The van der Waals surface area contributed by atoms with Crippen molar-refractivity contribution < 1.29 is 9.53 Å². The van der Waals surface area contributed by atoms with E-state index < -0.39 is 5.60 Å². The third-order valence-electron chi connectivity index (χ3n) is 3.90. The molecule has 0 saturated heterocycles. The van der Waals surface area contributed by atoms with E-state index in [2.05, 4.69) is 18.0 Å². The van der Waals surface area contributed by atoms with Gasteiger partial charge in [-0.15, -0.1) is 0 Å². The summed E-state index contributed by atoms with van der Waals surface area (Å²) < 4.78 is 5.55. The van der Waals surface area contributed by atoms with Gasteiger partial charge in [-0.05, 0) is 56.7 Å². The first-order valence-corrected chi connectivity index (χ1v) is 7.78. The molecule has 0 radical (unpaired) electrons. The predicted octanol–water partition coefficient (Wildman–Crippen LogP) is 3.79. The quantitative estimate of drug-likeness (QED) is 0.790. The van der Waals surface area contributed by atoms with Crippen LogP contribution in [0.5, 0.6) is 0 Å². The molecule has 116 valence electrons. The molecule has 0 bridgehead atoms. The van der Waals surface area contributed by atoms with Gasteiger partial charge in [0.25, 0.3) is 0 Å². The lowest BCUT2D eigenvalue weighted by atomic mass is 9.93. The van der Waals surface area contributed by atoms with Crippen molar-refractivity contribution in [2.75, 3.05) is 6.54 Å². The molecule has 1 atom stereocenters. The van der Waals surface area contributed by atoms with Gasteiger partial charge in [-0.1, -0.05) is 13.3 Å². The molecule has 1 aromatic heterocycles. The van der Waals surface area contributed by atoms with Crippen molar-refractivity contribution in [1.82, 2.24) is 9.88 Å². The van der Waals surface area contributed by atoms with E-state index in [4.69, 9.17) is 4.74 Å². The average Bonchev–Trinajstić information content (AvgIpc) is 2.38. The van der Waals surface area contributed by atoms with Crippen LogP contribution >= 0.6 is 0 Å². The van der Waals surface area contributed by atoms with E-state index >= 15 is 0 Å². The van der Waals surface area contributed by atoms with Crippen LogP contribution in [0.3, 0.4) is 0 Å². The number of pyridine rings is 1. The zero-order valence-corrected chi connectivity index (χ0v) is 13.6. The van der Waals surface area contributed by atoms with Gasteiger partial charge in [-0.25, -0.2) is 4.79 Å². The van der Waals surface area contributed by atoms with Gasteiger partial charge in [0.05, 0.1) is 6.54 Å². The first-order chi connectivity index (χ1) is 9.89. The summed E-state index contributed by atoms with van der Waals surface area (Å²) in [5.41, 5.74) is 1.98. The zero-order valence-electron chi connectivity index (χ0n) is 13.6. The van der Waals surface area contributed by atoms with Crippen molar-refractivity contribution >= 4 is 6.09 Å². The third-order valence-corrected chi connectivity index (χ3v) is 3.90. The lowest BCUT2D eigenvalue weighted by molar-refractivity contribution is 0.0193. The number of carbonyl (C=O) groups excluding carboxylic acids is 1. The number of hydrogen-bond acceptors (Lipinski definition) is 3. The van der Waals surface area contributed by atoms with Crippen molar-refractivity contribution in [3.8, 4) is 0 Å². The van der Waals surface area contributed by atoms with Crippen LogP contribution in [0.4, 0.5) is 4.79 Å². The normalized spacial score (nSPS) is 19.4. The molecule has 1 aliphatic heterocycles. The number of aryl methyl sites for hydroxylation is 1. The fourth-order valence-corrected chi connectivity index (χ4v) is 2.67. The molecule has 0 fully saturated rings. The number of fused-ring (bicyclic) bond motifs is 1. The SMILES string of the molecule is CC[C@H]1CCc2ccncc2CN(C(=O)OC(C)(C)C)C1. The van der Waals surface area contributed by atoms with Crippen LogP contribution in [-0.4, -0.2) is 28.1 Å². The van der Waals surface area contributed by atoms with Crippen LogP contribution in [0, 0.1) is 5.92 Å². The Morgan fingerprint density at radius 3 is 2.86 bits per heavy atom. The molecule has 0 unspecified atom stereocenters. The topological polar surface area (TPSA) is 42.4 Å². The smallest absolute Gasteiger partial charge is 0.410 e. The third kappa shape index (κ3) is 4.45. The summed E-state index contributed by atoms with van der Waals surface area (Å²) in [5.74, 6) is 0.527.